The minimum atomic E-state index is -1.18. The molecule has 2 atom stereocenters. The second-order valence-electron chi connectivity index (χ2n) is 9.64. The van der Waals surface area contributed by atoms with Crippen LogP contribution < -0.4 is 14.6 Å². The molecular weight excluding hydrogens is 494 g/mol. The van der Waals surface area contributed by atoms with Crippen LogP contribution in [0, 0.1) is 0 Å². The Bertz CT molecular complexity index is 1410. The summed E-state index contributed by atoms with van der Waals surface area (Å²) in [7, 11) is 0. The summed E-state index contributed by atoms with van der Waals surface area (Å²) >= 11 is 0. The predicted molar refractivity (Wildman–Crippen MR) is 146 cm³/mol. The van der Waals surface area contributed by atoms with Gasteiger partial charge in [0.2, 0.25) is 5.78 Å². The van der Waals surface area contributed by atoms with Gasteiger partial charge < -0.3 is 29.0 Å². The monoisotopic (exact) mass is 524 g/mol. The first kappa shape index (κ1) is 26.3. The maximum Gasteiger partial charge on any atom is 0.207 e. The Morgan fingerprint density at radius 1 is 0.795 bits per heavy atom. The Balaban J connectivity index is 1.19. The van der Waals surface area contributed by atoms with Crippen LogP contribution in [0.5, 0.6) is 11.5 Å². The van der Waals surface area contributed by atoms with Crippen molar-refractivity contribution in [3.05, 3.63) is 108 Å². The molecule has 0 radical (unpaired) electrons. The molecule has 2 unspecified atom stereocenters. The number of hydrogen-bond donors (Lipinski definition) is 0. The van der Waals surface area contributed by atoms with Crippen molar-refractivity contribution >= 4 is 22.6 Å². The highest BCUT2D eigenvalue weighted by atomic mass is 16.5. The van der Waals surface area contributed by atoms with E-state index in [4.69, 9.17) is 14.2 Å². The number of carboxylic acid groups (broad SMARTS) is 1. The first-order chi connectivity index (χ1) is 19.0. The van der Waals surface area contributed by atoms with E-state index in [0.717, 1.165) is 21.9 Å². The Labute approximate surface area is 227 Å². The molecule has 1 heterocycles. The zero-order valence-electron chi connectivity index (χ0n) is 21.5. The molecule has 0 N–H and O–H groups in total. The fourth-order valence-electron chi connectivity index (χ4n) is 4.86. The SMILES string of the molecule is O=C(COc1ccccc1)COc1ccc(C2CCN(C(=O)[O-])CC2OCc2ccc3ccccc3c2)cc1. The number of benzene rings is 4. The summed E-state index contributed by atoms with van der Waals surface area (Å²) in [6.07, 6.45) is -0.893. The van der Waals surface area contributed by atoms with Gasteiger partial charge in [-0.3, -0.25) is 4.79 Å². The summed E-state index contributed by atoms with van der Waals surface area (Å²) < 4.78 is 17.4. The highest BCUT2D eigenvalue weighted by molar-refractivity contribution is 5.83. The largest absolute Gasteiger partial charge is 0.530 e. The normalized spacial score (nSPS) is 17.1. The van der Waals surface area contributed by atoms with E-state index < -0.39 is 6.09 Å². The van der Waals surface area contributed by atoms with Crippen molar-refractivity contribution in [3.8, 4) is 11.5 Å². The maximum atomic E-state index is 12.2. The first-order valence-corrected chi connectivity index (χ1v) is 13.0. The van der Waals surface area contributed by atoms with Gasteiger partial charge in [0, 0.05) is 19.0 Å². The minimum absolute atomic E-state index is 0.0102. The highest BCUT2D eigenvalue weighted by Crippen LogP contribution is 2.32. The molecule has 7 nitrogen and oxygen atoms in total. The molecule has 0 bridgehead atoms. The predicted octanol–water partition coefficient (Wildman–Crippen LogP) is 4.58. The summed E-state index contributed by atoms with van der Waals surface area (Å²) in [5, 5.41) is 13.9. The number of amides is 1. The lowest BCUT2D eigenvalue weighted by Crippen LogP contribution is -2.51. The van der Waals surface area contributed by atoms with Crippen molar-refractivity contribution in [1.29, 1.82) is 0 Å². The maximum absolute atomic E-state index is 12.2. The molecule has 1 fully saturated rings. The molecule has 0 aliphatic carbocycles. The lowest BCUT2D eigenvalue weighted by Gasteiger charge is -2.40. The number of fused-ring (bicyclic) bond motifs is 1. The van der Waals surface area contributed by atoms with E-state index in [1.54, 1.807) is 12.1 Å². The van der Waals surface area contributed by atoms with Crippen molar-refractivity contribution in [1.82, 2.24) is 4.90 Å². The van der Waals surface area contributed by atoms with Crippen LogP contribution in [0.2, 0.25) is 0 Å². The van der Waals surface area contributed by atoms with E-state index in [9.17, 15) is 14.7 Å². The molecule has 39 heavy (non-hydrogen) atoms. The molecule has 4 aromatic rings. The third kappa shape index (κ3) is 6.94. The summed E-state index contributed by atoms with van der Waals surface area (Å²) in [5.41, 5.74) is 2.06. The topological polar surface area (TPSA) is 88.1 Å². The number of carbonyl (C=O) groups is 2. The van der Waals surface area contributed by atoms with Gasteiger partial charge in [-0.05, 0) is 58.7 Å². The number of carbonyl (C=O) groups excluding carboxylic acids is 2. The first-order valence-electron chi connectivity index (χ1n) is 13.0. The van der Waals surface area contributed by atoms with Crippen molar-refractivity contribution in [2.24, 2.45) is 0 Å². The quantitative estimate of drug-likeness (QED) is 0.302. The Morgan fingerprint density at radius 3 is 2.18 bits per heavy atom. The van der Waals surface area contributed by atoms with E-state index in [0.29, 0.717) is 31.1 Å². The van der Waals surface area contributed by atoms with Gasteiger partial charge in [-0.2, -0.15) is 0 Å². The standard InChI is InChI=1S/C32H31NO6/c34-27(21-37-28-8-2-1-3-9-28)22-38-29-14-12-25(13-15-29)30-16-17-33(32(35)36)19-31(30)39-20-23-10-11-24-6-4-5-7-26(24)18-23/h1-15,18,30-31H,16-17,19-22H2,(H,35,36)/p-1. The van der Waals surface area contributed by atoms with Gasteiger partial charge in [-0.1, -0.05) is 66.7 Å². The number of likely N-dealkylation sites (tertiary alicyclic amines) is 1. The van der Waals surface area contributed by atoms with Gasteiger partial charge >= 0.3 is 0 Å². The fourth-order valence-corrected chi connectivity index (χ4v) is 4.86. The zero-order chi connectivity index (χ0) is 27.0. The minimum Gasteiger partial charge on any atom is -0.530 e. The third-order valence-corrected chi connectivity index (χ3v) is 6.95. The van der Waals surface area contributed by atoms with Gasteiger partial charge in [0.05, 0.1) is 12.7 Å². The number of ether oxygens (including phenoxy) is 3. The van der Waals surface area contributed by atoms with Crippen LogP contribution in [0.1, 0.15) is 23.5 Å². The Kier molecular flexibility index (Phi) is 8.39. The van der Waals surface area contributed by atoms with Crippen molar-refractivity contribution in [2.45, 2.75) is 25.0 Å². The molecular formula is C32H30NO6-. The number of piperidine rings is 1. The van der Waals surface area contributed by atoms with Crippen LogP contribution in [-0.2, 0) is 16.1 Å². The fraction of sp³-hybridized carbons (Fsp3) is 0.250. The number of hydrogen-bond acceptors (Lipinski definition) is 6. The average Bonchev–Trinajstić information content (AvgIpc) is 2.98. The highest BCUT2D eigenvalue weighted by Gasteiger charge is 2.31. The molecule has 0 spiro atoms. The molecule has 1 aliphatic rings. The number of nitrogens with zero attached hydrogens (tertiary/aromatic N) is 1. The zero-order valence-corrected chi connectivity index (χ0v) is 21.5. The van der Waals surface area contributed by atoms with E-state index >= 15 is 0 Å². The lowest BCUT2D eigenvalue weighted by molar-refractivity contribution is -0.268. The molecule has 1 saturated heterocycles. The molecule has 0 aromatic heterocycles. The van der Waals surface area contributed by atoms with Gasteiger partial charge in [-0.25, -0.2) is 0 Å². The summed E-state index contributed by atoms with van der Waals surface area (Å²) in [6.45, 7) is 0.857. The molecule has 0 saturated carbocycles. The molecule has 1 amide bonds. The van der Waals surface area contributed by atoms with Crippen LogP contribution in [0.15, 0.2) is 97.1 Å². The van der Waals surface area contributed by atoms with E-state index in [1.807, 2.05) is 60.7 Å². The lowest BCUT2D eigenvalue weighted by atomic mass is 9.87. The van der Waals surface area contributed by atoms with Crippen molar-refractivity contribution in [2.75, 3.05) is 26.3 Å². The molecule has 1 aliphatic heterocycles. The summed E-state index contributed by atoms with van der Waals surface area (Å²) in [4.78, 5) is 25.0. The van der Waals surface area contributed by atoms with Crippen LogP contribution in [0.4, 0.5) is 4.79 Å². The molecule has 4 aromatic carbocycles. The van der Waals surface area contributed by atoms with Crippen LogP contribution >= 0.6 is 0 Å². The molecule has 7 heteroatoms. The van der Waals surface area contributed by atoms with E-state index in [1.165, 1.54) is 4.90 Å². The van der Waals surface area contributed by atoms with Crippen LogP contribution in [0.3, 0.4) is 0 Å². The second kappa shape index (κ2) is 12.5. The van der Waals surface area contributed by atoms with Crippen molar-refractivity contribution < 1.29 is 28.9 Å². The van der Waals surface area contributed by atoms with Crippen LogP contribution in [-0.4, -0.2) is 49.2 Å². The van der Waals surface area contributed by atoms with Gasteiger partial charge in [-0.15, -0.1) is 0 Å². The van der Waals surface area contributed by atoms with Gasteiger partial charge in [0.15, 0.2) is 0 Å². The number of Topliss-reactive ketones (excluding diaryl/α,β-unsaturated/α-hetero) is 1. The summed E-state index contributed by atoms with van der Waals surface area (Å²) in [5.74, 6) is 1.06. The molecule has 5 rings (SSSR count). The molecule has 200 valence electrons. The van der Waals surface area contributed by atoms with Gasteiger partial charge in [0.25, 0.3) is 0 Å². The third-order valence-electron chi connectivity index (χ3n) is 6.95. The Hall–Kier alpha value is -4.36. The number of para-hydroxylation sites is 1. The van der Waals surface area contributed by atoms with E-state index in [2.05, 4.69) is 24.3 Å². The average molecular weight is 525 g/mol. The van der Waals surface area contributed by atoms with Crippen LogP contribution in [0.25, 0.3) is 10.8 Å². The number of ketones is 1. The number of rotatable bonds is 10. The smallest absolute Gasteiger partial charge is 0.207 e. The van der Waals surface area contributed by atoms with Crippen molar-refractivity contribution in [3.63, 3.8) is 0 Å². The Morgan fingerprint density at radius 2 is 1.46 bits per heavy atom. The second-order valence-corrected chi connectivity index (χ2v) is 9.64. The van der Waals surface area contributed by atoms with E-state index in [-0.39, 0.29) is 37.6 Å². The summed E-state index contributed by atoms with van der Waals surface area (Å²) in [6, 6.07) is 31.1. The van der Waals surface area contributed by atoms with Gasteiger partial charge in [0.1, 0.15) is 30.8 Å².